The van der Waals surface area contributed by atoms with E-state index in [-0.39, 0.29) is 16.2 Å². The van der Waals surface area contributed by atoms with Crippen molar-refractivity contribution in [1.29, 1.82) is 0 Å². The zero-order valence-corrected chi connectivity index (χ0v) is 19.4. The number of hydrogen-bond donors (Lipinski definition) is 3. The summed E-state index contributed by atoms with van der Waals surface area (Å²) in [4.78, 5) is 18.8. The number of anilines is 2. The fraction of sp³-hybridized carbons (Fsp3) is 0.364. The normalized spacial score (nSPS) is 16.8. The van der Waals surface area contributed by atoms with Gasteiger partial charge in [-0.3, -0.25) is 4.79 Å². The van der Waals surface area contributed by atoms with Gasteiger partial charge in [0.15, 0.2) is 0 Å². The first-order chi connectivity index (χ1) is 14.4. The first-order valence-electron chi connectivity index (χ1n) is 10.1. The van der Waals surface area contributed by atoms with Gasteiger partial charge in [0, 0.05) is 16.8 Å². The fourth-order valence-corrected chi connectivity index (χ4v) is 5.52. The Bertz CT molecular complexity index is 1270. The number of nitrogens with two attached hydrogens (primary N) is 2. The number of carbonyl (C=O) groups excluding carboxylic acids is 1. The summed E-state index contributed by atoms with van der Waals surface area (Å²) >= 11 is 1.27. The molecule has 31 heavy (non-hydrogen) atoms. The number of benzene rings is 1. The highest BCUT2D eigenvalue weighted by molar-refractivity contribution is 7.89. The minimum absolute atomic E-state index is 0.0183. The van der Waals surface area contributed by atoms with E-state index in [4.69, 9.17) is 15.9 Å². The van der Waals surface area contributed by atoms with Crippen LogP contribution in [-0.2, 0) is 22.9 Å². The second-order valence-corrected chi connectivity index (χ2v) is 11.7. The van der Waals surface area contributed by atoms with Crippen molar-refractivity contribution >= 4 is 48.9 Å². The Kier molecular flexibility index (Phi) is 5.31. The van der Waals surface area contributed by atoms with E-state index in [0.29, 0.717) is 22.2 Å². The number of thiophene rings is 1. The number of pyridine rings is 1. The SMILES string of the molecule is CC(C)(C)C1CCc2nc3sc(C(=O)Nc4ccc(S(N)(=O)=O)cc4)c(N)c3cc2C1. The van der Waals surface area contributed by atoms with Gasteiger partial charge in [-0.15, -0.1) is 11.3 Å². The van der Waals surface area contributed by atoms with Crippen molar-refractivity contribution in [1.82, 2.24) is 4.98 Å². The van der Waals surface area contributed by atoms with Crippen molar-refractivity contribution in [2.45, 2.75) is 44.9 Å². The highest BCUT2D eigenvalue weighted by Gasteiger charge is 2.30. The van der Waals surface area contributed by atoms with Gasteiger partial charge in [0.25, 0.3) is 5.91 Å². The third-order valence-corrected chi connectivity index (χ3v) is 8.00. The Hall–Kier alpha value is -2.49. The number of carbonyl (C=O) groups is 1. The predicted octanol–water partition coefficient (Wildman–Crippen LogP) is 3.93. The average Bonchev–Trinajstić information content (AvgIpc) is 3.01. The molecule has 2 heterocycles. The second-order valence-electron chi connectivity index (χ2n) is 9.12. The van der Waals surface area contributed by atoms with E-state index in [1.165, 1.54) is 41.2 Å². The Morgan fingerprint density at radius 3 is 2.52 bits per heavy atom. The Labute approximate surface area is 185 Å². The maximum Gasteiger partial charge on any atom is 0.267 e. The Morgan fingerprint density at radius 2 is 1.90 bits per heavy atom. The minimum Gasteiger partial charge on any atom is -0.397 e. The molecule has 0 aliphatic heterocycles. The van der Waals surface area contributed by atoms with E-state index in [0.717, 1.165) is 35.2 Å². The van der Waals surface area contributed by atoms with E-state index in [1.54, 1.807) is 0 Å². The first-order valence-corrected chi connectivity index (χ1v) is 12.4. The number of amides is 1. The van der Waals surface area contributed by atoms with Crippen molar-refractivity contribution < 1.29 is 13.2 Å². The van der Waals surface area contributed by atoms with Gasteiger partial charge < -0.3 is 11.1 Å². The maximum absolute atomic E-state index is 12.8. The van der Waals surface area contributed by atoms with Crippen LogP contribution in [0, 0.1) is 11.3 Å². The third kappa shape index (κ3) is 4.30. The number of fused-ring (bicyclic) bond motifs is 2. The number of nitrogens with zero attached hydrogens (tertiary/aromatic N) is 1. The summed E-state index contributed by atoms with van der Waals surface area (Å²) in [5.41, 5.74) is 9.76. The van der Waals surface area contributed by atoms with Crippen LogP contribution >= 0.6 is 11.3 Å². The van der Waals surface area contributed by atoms with Crippen LogP contribution in [-0.4, -0.2) is 19.3 Å². The largest absolute Gasteiger partial charge is 0.397 e. The average molecular weight is 459 g/mol. The molecule has 1 amide bonds. The molecule has 7 nitrogen and oxygen atoms in total. The number of nitrogens with one attached hydrogen (secondary N) is 1. The highest BCUT2D eigenvalue weighted by atomic mass is 32.2. The lowest BCUT2D eigenvalue weighted by Crippen LogP contribution is -2.27. The van der Waals surface area contributed by atoms with Gasteiger partial charge in [-0.2, -0.15) is 0 Å². The molecular formula is C22H26N4O3S2. The molecule has 1 unspecified atom stereocenters. The zero-order valence-electron chi connectivity index (χ0n) is 17.7. The van der Waals surface area contributed by atoms with Crippen molar-refractivity contribution in [3.8, 4) is 0 Å². The fourth-order valence-electron chi connectivity index (χ4n) is 4.01. The van der Waals surface area contributed by atoms with Crippen molar-refractivity contribution in [2.75, 3.05) is 11.1 Å². The van der Waals surface area contributed by atoms with E-state index in [2.05, 4.69) is 32.2 Å². The molecule has 3 aromatic rings. The van der Waals surface area contributed by atoms with Gasteiger partial charge in [-0.05, 0) is 66.5 Å². The van der Waals surface area contributed by atoms with Gasteiger partial charge in [0.05, 0.1) is 10.6 Å². The van der Waals surface area contributed by atoms with Gasteiger partial charge in [-0.25, -0.2) is 18.5 Å². The highest BCUT2D eigenvalue weighted by Crippen LogP contribution is 2.40. The number of hydrogen-bond acceptors (Lipinski definition) is 6. The van der Waals surface area contributed by atoms with Crippen LogP contribution in [0.4, 0.5) is 11.4 Å². The van der Waals surface area contributed by atoms with E-state index >= 15 is 0 Å². The molecule has 1 aromatic carbocycles. The van der Waals surface area contributed by atoms with Crippen LogP contribution in [0.25, 0.3) is 10.2 Å². The summed E-state index contributed by atoms with van der Waals surface area (Å²) in [5.74, 6) is 0.233. The summed E-state index contributed by atoms with van der Waals surface area (Å²) in [5, 5.41) is 8.69. The maximum atomic E-state index is 12.8. The van der Waals surface area contributed by atoms with Crippen LogP contribution in [0.3, 0.4) is 0 Å². The van der Waals surface area contributed by atoms with E-state index in [1.807, 2.05) is 0 Å². The van der Waals surface area contributed by atoms with Crippen molar-refractivity contribution in [3.63, 3.8) is 0 Å². The van der Waals surface area contributed by atoms with Crippen LogP contribution in [0.1, 0.15) is 48.1 Å². The van der Waals surface area contributed by atoms with Crippen LogP contribution in [0.5, 0.6) is 0 Å². The predicted molar refractivity (Wildman–Crippen MR) is 125 cm³/mol. The van der Waals surface area contributed by atoms with Gasteiger partial charge in [0.2, 0.25) is 10.0 Å². The summed E-state index contributed by atoms with van der Waals surface area (Å²) < 4.78 is 22.8. The van der Waals surface area contributed by atoms with Gasteiger partial charge in [-0.1, -0.05) is 20.8 Å². The van der Waals surface area contributed by atoms with Crippen LogP contribution in [0.2, 0.25) is 0 Å². The number of sulfonamides is 1. The van der Waals surface area contributed by atoms with Crippen LogP contribution in [0.15, 0.2) is 35.2 Å². The number of rotatable bonds is 3. The van der Waals surface area contributed by atoms with E-state index in [9.17, 15) is 13.2 Å². The molecule has 2 aromatic heterocycles. The standard InChI is InChI=1S/C22H26N4O3S2/c1-22(2,3)13-4-9-17-12(10-13)11-16-18(23)19(30-21(16)26-17)20(27)25-14-5-7-15(8-6-14)31(24,28)29/h5-8,11,13H,4,9-10,23H2,1-3H3,(H,25,27)(H2,24,28,29). The molecule has 9 heteroatoms. The summed E-state index contributed by atoms with van der Waals surface area (Å²) in [6, 6.07) is 7.77. The number of nitrogen functional groups attached to an aromatic ring is 1. The number of primary sulfonamides is 1. The lowest BCUT2D eigenvalue weighted by Gasteiger charge is -2.34. The lowest BCUT2D eigenvalue weighted by atomic mass is 9.71. The second kappa shape index (κ2) is 7.58. The molecule has 0 bridgehead atoms. The molecule has 0 fully saturated rings. The molecule has 1 aliphatic rings. The molecule has 1 atom stereocenters. The van der Waals surface area contributed by atoms with Gasteiger partial charge in [0.1, 0.15) is 9.71 Å². The molecule has 0 saturated heterocycles. The molecular weight excluding hydrogens is 432 g/mol. The first kappa shape index (κ1) is 21.7. The molecule has 0 saturated carbocycles. The number of aromatic nitrogens is 1. The summed E-state index contributed by atoms with van der Waals surface area (Å²) in [6.07, 6.45) is 3.01. The minimum atomic E-state index is -3.78. The molecule has 1 aliphatic carbocycles. The lowest BCUT2D eigenvalue weighted by molar-refractivity contribution is 0.103. The third-order valence-electron chi connectivity index (χ3n) is 5.96. The molecule has 4 rings (SSSR count). The molecule has 0 spiro atoms. The van der Waals surface area contributed by atoms with Crippen molar-refractivity contribution in [2.24, 2.45) is 16.5 Å². The van der Waals surface area contributed by atoms with Gasteiger partial charge >= 0.3 is 0 Å². The summed E-state index contributed by atoms with van der Waals surface area (Å²) in [7, 11) is -3.78. The van der Waals surface area contributed by atoms with Crippen LogP contribution < -0.4 is 16.2 Å². The Balaban J connectivity index is 1.61. The quantitative estimate of drug-likeness (QED) is 0.548. The molecule has 164 valence electrons. The smallest absolute Gasteiger partial charge is 0.267 e. The monoisotopic (exact) mass is 458 g/mol. The molecule has 5 N–H and O–H groups in total. The van der Waals surface area contributed by atoms with Crippen molar-refractivity contribution in [3.05, 3.63) is 46.5 Å². The Morgan fingerprint density at radius 1 is 1.23 bits per heavy atom. The zero-order chi connectivity index (χ0) is 22.6. The van der Waals surface area contributed by atoms with E-state index < -0.39 is 10.0 Å². The molecule has 0 radical (unpaired) electrons. The topological polar surface area (TPSA) is 128 Å². The summed E-state index contributed by atoms with van der Waals surface area (Å²) in [6.45, 7) is 6.81. The number of aryl methyl sites for hydroxylation is 1.